The number of guanidine groups is 1. The molecule has 0 amide bonds. The van der Waals surface area contributed by atoms with Gasteiger partial charge in [0.15, 0.2) is 17.5 Å². The second-order valence-corrected chi connectivity index (χ2v) is 6.22. The van der Waals surface area contributed by atoms with E-state index in [4.69, 9.17) is 9.47 Å². The molecule has 5 nitrogen and oxygen atoms in total. The number of hydrogen-bond acceptors (Lipinski definition) is 3. The van der Waals surface area contributed by atoms with E-state index in [1.54, 1.807) is 33.3 Å². The van der Waals surface area contributed by atoms with Crippen LogP contribution in [-0.4, -0.2) is 26.7 Å². The summed E-state index contributed by atoms with van der Waals surface area (Å²) in [4.78, 5) is 4.64. The molecule has 0 aliphatic carbocycles. The van der Waals surface area contributed by atoms with Crippen molar-refractivity contribution in [1.29, 1.82) is 0 Å². The fourth-order valence-electron chi connectivity index (χ4n) is 2.73. The largest absolute Gasteiger partial charge is 0.493 e. The van der Waals surface area contributed by atoms with Gasteiger partial charge in [-0.25, -0.2) is 9.38 Å². The maximum Gasteiger partial charge on any atom is 0.192 e. The molecule has 0 aliphatic heterocycles. The van der Waals surface area contributed by atoms with Crippen LogP contribution < -0.4 is 20.1 Å². The smallest absolute Gasteiger partial charge is 0.192 e. The van der Waals surface area contributed by atoms with E-state index in [0.29, 0.717) is 29.6 Å². The topological polar surface area (TPSA) is 54.9 Å². The Hall–Kier alpha value is -2.03. The number of para-hydroxylation sites is 1. The highest BCUT2D eigenvalue weighted by molar-refractivity contribution is 14.0. The second kappa shape index (κ2) is 11.7. The van der Waals surface area contributed by atoms with Gasteiger partial charge in [-0.3, -0.25) is 0 Å². The molecule has 0 spiro atoms. The van der Waals surface area contributed by atoms with Gasteiger partial charge in [0.1, 0.15) is 5.82 Å². The standard InChI is InChI=1S/C21H28FN3O2.HI/c1-6-23-21(25-15(3)16-11-10-14(2)18(22)12-16)24-13-17-8-7-9-19(26-4)20(17)27-5;/h7-12,15H,6,13H2,1-5H3,(H2,23,24,25);1H. The second-order valence-electron chi connectivity index (χ2n) is 6.22. The lowest BCUT2D eigenvalue weighted by atomic mass is 10.1. The first-order chi connectivity index (χ1) is 13.0. The lowest BCUT2D eigenvalue weighted by molar-refractivity contribution is 0.352. The van der Waals surface area contributed by atoms with Gasteiger partial charge >= 0.3 is 0 Å². The number of aryl methyl sites for hydroxylation is 1. The number of nitrogens with zero attached hydrogens (tertiary/aromatic N) is 1. The zero-order chi connectivity index (χ0) is 19.8. The number of nitrogens with one attached hydrogen (secondary N) is 2. The van der Waals surface area contributed by atoms with Crippen molar-refractivity contribution in [3.63, 3.8) is 0 Å². The van der Waals surface area contributed by atoms with E-state index in [0.717, 1.165) is 17.7 Å². The molecule has 2 rings (SSSR count). The molecule has 0 fully saturated rings. The average Bonchev–Trinajstić information content (AvgIpc) is 2.67. The van der Waals surface area contributed by atoms with Crippen LogP contribution in [-0.2, 0) is 6.54 Å². The molecule has 0 aliphatic rings. The summed E-state index contributed by atoms with van der Waals surface area (Å²) >= 11 is 0. The van der Waals surface area contributed by atoms with Crippen LogP contribution in [0.3, 0.4) is 0 Å². The number of halogens is 2. The molecule has 1 atom stereocenters. The van der Waals surface area contributed by atoms with Crippen molar-refractivity contribution < 1.29 is 13.9 Å². The lowest BCUT2D eigenvalue weighted by Gasteiger charge is -2.19. The van der Waals surface area contributed by atoms with Crippen molar-refractivity contribution in [3.05, 3.63) is 58.9 Å². The number of aliphatic imine (C=N–C) groups is 1. The molecule has 0 bridgehead atoms. The SMILES string of the molecule is CCNC(=NCc1cccc(OC)c1OC)NC(C)c1ccc(C)c(F)c1.I. The lowest BCUT2D eigenvalue weighted by Crippen LogP contribution is -2.38. The van der Waals surface area contributed by atoms with Gasteiger partial charge in [0.25, 0.3) is 0 Å². The summed E-state index contributed by atoms with van der Waals surface area (Å²) in [5.74, 6) is 1.79. The Bertz CT molecular complexity index is 799. The van der Waals surface area contributed by atoms with Crippen LogP contribution in [0.1, 0.15) is 36.6 Å². The van der Waals surface area contributed by atoms with E-state index >= 15 is 0 Å². The van der Waals surface area contributed by atoms with Gasteiger partial charge < -0.3 is 20.1 Å². The Balaban J connectivity index is 0.00000392. The first-order valence-corrected chi connectivity index (χ1v) is 9.00. The molecule has 0 aromatic heterocycles. The van der Waals surface area contributed by atoms with Gasteiger partial charge in [-0.2, -0.15) is 0 Å². The number of hydrogen-bond donors (Lipinski definition) is 2. The highest BCUT2D eigenvalue weighted by Gasteiger charge is 2.12. The zero-order valence-electron chi connectivity index (χ0n) is 17.0. The van der Waals surface area contributed by atoms with Crippen molar-refractivity contribution in [2.24, 2.45) is 4.99 Å². The maximum atomic E-state index is 13.8. The van der Waals surface area contributed by atoms with Crippen LogP contribution in [0, 0.1) is 12.7 Å². The third kappa shape index (κ3) is 6.25. The van der Waals surface area contributed by atoms with Crippen molar-refractivity contribution in [1.82, 2.24) is 10.6 Å². The van der Waals surface area contributed by atoms with Gasteiger partial charge in [-0.05, 0) is 44.0 Å². The zero-order valence-corrected chi connectivity index (χ0v) is 19.3. The normalized spacial score (nSPS) is 12.0. The summed E-state index contributed by atoms with van der Waals surface area (Å²) in [5.41, 5.74) is 2.42. The average molecular weight is 501 g/mol. The Morgan fingerprint density at radius 1 is 1.18 bits per heavy atom. The first-order valence-electron chi connectivity index (χ1n) is 9.00. The third-order valence-corrected chi connectivity index (χ3v) is 4.29. The van der Waals surface area contributed by atoms with Gasteiger partial charge in [0.2, 0.25) is 0 Å². The van der Waals surface area contributed by atoms with Crippen LogP contribution in [0.25, 0.3) is 0 Å². The summed E-state index contributed by atoms with van der Waals surface area (Å²) < 4.78 is 24.6. The molecule has 0 radical (unpaired) electrons. The van der Waals surface area contributed by atoms with Crippen LogP contribution in [0.4, 0.5) is 4.39 Å². The molecule has 1 unspecified atom stereocenters. The summed E-state index contributed by atoms with van der Waals surface area (Å²) in [6.45, 7) is 6.87. The minimum Gasteiger partial charge on any atom is -0.493 e. The van der Waals surface area contributed by atoms with E-state index in [1.807, 2.05) is 38.1 Å². The molecule has 2 N–H and O–H groups in total. The molecule has 0 saturated carbocycles. The van der Waals surface area contributed by atoms with E-state index in [-0.39, 0.29) is 35.8 Å². The molecular formula is C21H29FIN3O2. The Morgan fingerprint density at radius 3 is 2.54 bits per heavy atom. The third-order valence-electron chi connectivity index (χ3n) is 4.29. The molecule has 2 aromatic rings. The molecule has 154 valence electrons. The number of rotatable bonds is 7. The van der Waals surface area contributed by atoms with Crippen LogP contribution in [0.15, 0.2) is 41.4 Å². The minimum absolute atomic E-state index is 0. The highest BCUT2D eigenvalue weighted by Crippen LogP contribution is 2.31. The van der Waals surface area contributed by atoms with Crippen molar-refractivity contribution >= 4 is 29.9 Å². The summed E-state index contributed by atoms with van der Waals surface area (Å²) in [5, 5.41) is 6.54. The van der Waals surface area contributed by atoms with Gasteiger partial charge in [0.05, 0.1) is 26.8 Å². The van der Waals surface area contributed by atoms with Crippen molar-refractivity contribution in [3.8, 4) is 11.5 Å². The first kappa shape index (κ1) is 24.0. The molecule has 28 heavy (non-hydrogen) atoms. The van der Waals surface area contributed by atoms with Crippen LogP contribution in [0.5, 0.6) is 11.5 Å². The van der Waals surface area contributed by atoms with E-state index in [2.05, 4.69) is 15.6 Å². The van der Waals surface area contributed by atoms with Crippen LogP contribution in [0.2, 0.25) is 0 Å². The van der Waals surface area contributed by atoms with Crippen LogP contribution >= 0.6 is 24.0 Å². The Morgan fingerprint density at radius 2 is 1.93 bits per heavy atom. The van der Waals surface area contributed by atoms with Gasteiger partial charge in [-0.15, -0.1) is 24.0 Å². The summed E-state index contributed by atoms with van der Waals surface area (Å²) in [7, 11) is 3.22. The number of benzene rings is 2. The van der Waals surface area contributed by atoms with Gasteiger partial charge in [-0.1, -0.05) is 24.3 Å². The number of methoxy groups -OCH3 is 2. The number of ether oxygens (including phenoxy) is 2. The molecular weight excluding hydrogens is 472 g/mol. The van der Waals surface area contributed by atoms with Crippen molar-refractivity contribution in [2.75, 3.05) is 20.8 Å². The van der Waals surface area contributed by atoms with E-state index in [9.17, 15) is 4.39 Å². The van der Waals surface area contributed by atoms with E-state index in [1.165, 1.54) is 0 Å². The maximum absolute atomic E-state index is 13.8. The predicted octanol–water partition coefficient (Wildman–Crippen LogP) is 4.59. The Kier molecular flexibility index (Phi) is 10.1. The molecule has 0 saturated heterocycles. The molecule has 7 heteroatoms. The quantitative estimate of drug-likeness (QED) is 0.331. The van der Waals surface area contributed by atoms with E-state index < -0.39 is 0 Å². The summed E-state index contributed by atoms with van der Waals surface area (Å²) in [6.07, 6.45) is 0. The fourth-order valence-corrected chi connectivity index (χ4v) is 2.73. The molecule has 2 aromatic carbocycles. The fraction of sp³-hybridized carbons (Fsp3) is 0.381. The summed E-state index contributed by atoms with van der Waals surface area (Å²) in [6, 6.07) is 10.9. The Labute approximate surface area is 183 Å². The minimum atomic E-state index is -0.204. The predicted molar refractivity (Wildman–Crippen MR) is 122 cm³/mol. The van der Waals surface area contributed by atoms with Gasteiger partial charge in [0, 0.05) is 12.1 Å². The molecule has 0 heterocycles. The highest BCUT2D eigenvalue weighted by atomic mass is 127. The monoisotopic (exact) mass is 501 g/mol. The van der Waals surface area contributed by atoms with Crippen molar-refractivity contribution in [2.45, 2.75) is 33.4 Å².